The zero-order chi connectivity index (χ0) is 13.1. The van der Waals surface area contributed by atoms with Crippen molar-refractivity contribution in [3.05, 3.63) is 42.2 Å². The monoisotopic (exact) mass is 257 g/mol. The van der Waals surface area contributed by atoms with Crippen molar-refractivity contribution in [3.63, 3.8) is 0 Å². The number of nitrogens with zero attached hydrogens (tertiary/aromatic N) is 1. The van der Waals surface area contributed by atoms with Crippen LogP contribution in [0.4, 0.5) is 5.69 Å². The van der Waals surface area contributed by atoms with Gasteiger partial charge in [0.25, 0.3) is 0 Å². The lowest BCUT2D eigenvalue weighted by Crippen LogP contribution is -2.36. The molecule has 0 radical (unpaired) electrons. The van der Waals surface area contributed by atoms with Crippen LogP contribution in [-0.2, 0) is 4.74 Å². The Labute approximate surface area is 111 Å². The number of ether oxygens (including phenoxy) is 1. The molecule has 98 valence electrons. The number of hydrogen-bond donors (Lipinski definition) is 0. The van der Waals surface area contributed by atoms with Gasteiger partial charge in [-0.1, -0.05) is 0 Å². The molecule has 4 heteroatoms. The van der Waals surface area contributed by atoms with Gasteiger partial charge in [-0.25, -0.2) is 0 Å². The van der Waals surface area contributed by atoms with E-state index in [4.69, 9.17) is 9.15 Å². The third-order valence-electron chi connectivity index (χ3n) is 3.27. The fraction of sp³-hybridized carbons (Fsp3) is 0.267. The molecule has 3 rings (SSSR count). The van der Waals surface area contributed by atoms with Crippen molar-refractivity contribution in [2.45, 2.75) is 0 Å². The number of morpholine rings is 1. The molecule has 19 heavy (non-hydrogen) atoms. The lowest BCUT2D eigenvalue weighted by atomic mass is 10.1. The average Bonchev–Trinajstić information content (AvgIpc) is 2.97. The van der Waals surface area contributed by atoms with Gasteiger partial charge < -0.3 is 14.1 Å². The van der Waals surface area contributed by atoms with Crippen molar-refractivity contribution in [3.8, 4) is 11.3 Å². The first kappa shape index (κ1) is 12.0. The summed E-state index contributed by atoms with van der Waals surface area (Å²) in [5, 5.41) is 0. The van der Waals surface area contributed by atoms with Gasteiger partial charge in [-0.3, -0.25) is 4.79 Å². The molecular weight excluding hydrogens is 242 g/mol. The van der Waals surface area contributed by atoms with Crippen LogP contribution in [0.3, 0.4) is 0 Å². The summed E-state index contributed by atoms with van der Waals surface area (Å²) in [6.07, 6.45) is 0.714. The molecule has 2 heterocycles. The first-order valence-corrected chi connectivity index (χ1v) is 6.35. The van der Waals surface area contributed by atoms with Crippen molar-refractivity contribution in [2.24, 2.45) is 0 Å². The third kappa shape index (κ3) is 2.53. The highest BCUT2D eigenvalue weighted by Crippen LogP contribution is 2.25. The fourth-order valence-electron chi connectivity index (χ4n) is 2.23. The molecule has 1 aliphatic heterocycles. The minimum absolute atomic E-state index is 0.354. The lowest BCUT2D eigenvalue weighted by molar-refractivity contribution is 0.110. The van der Waals surface area contributed by atoms with Crippen molar-refractivity contribution >= 4 is 12.0 Å². The Balaban J connectivity index is 1.79. The standard InChI is InChI=1S/C15H15NO3/c17-11-14-5-6-15(19-14)12-1-3-13(4-2-12)16-7-9-18-10-8-16/h1-6,11H,7-10H2. The van der Waals surface area contributed by atoms with E-state index in [0.717, 1.165) is 37.6 Å². The lowest BCUT2D eigenvalue weighted by Gasteiger charge is -2.28. The molecule has 1 aromatic heterocycles. The molecule has 0 bridgehead atoms. The maximum absolute atomic E-state index is 10.6. The van der Waals surface area contributed by atoms with Crippen LogP contribution in [0.5, 0.6) is 0 Å². The van der Waals surface area contributed by atoms with E-state index >= 15 is 0 Å². The number of anilines is 1. The van der Waals surface area contributed by atoms with E-state index < -0.39 is 0 Å². The van der Waals surface area contributed by atoms with E-state index in [1.54, 1.807) is 6.07 Å². The zero-order valence-electron chi connectivity index (χ0n) is 10.5. The fourth-order valence-corrected chi connectivity index (χ4v) is 2.23. The van der Waals surface area contributed by atoms with Crippen LogP contribution < -0.4 is 4.90 Å². The van der Waals surface area contributed by atoms with E-state index in [2.05, 4.69) is 17.0 Å². The second kappa shape index (κ2) is 5.28. The normalized spacial score (nSPS) is 15.5. The second-order valence-electron chi connectivity index (χ2n) is 4.47. The van der Waals surface area contributed by atoms with Gasteiger partial charge in [0, 0.05) is 24.3 Å². The molecule has 1 saturated heterocycles. The highest BCUT2D eigenvalue weighted by molar-refractivity contribution is 5.73. The van der Waals surface area contributed by atoms with Gasteiger partial charge in [-0.2, -0.15) is 0 Å². The van der Waals surface area contributed by atoms with Crippen LogP contribution in [0.25, 0.3) is 11.3 Å². The molecular formula is C15H15NO3. The predicted octanol–water partition coefficient (Wildman–Crippen LogP) is 2.60. The molecule has 0 spiro atoms. The van der Waals surface area contributed by atoms with Crippen molar-refractivity contribution in [1.29, 1.82) is 0 Å². The summed E-state index contributed by atoms with van der Waals surface area (Å²) in [5.74, 6) is 1.07. The van der Waals surface area contributed by atoms with E-state index in [-0.39, 0.29) is 0 Å². The van der Waals surface area contributed by atoms with Crippen LogP contribution in [0, 0.1) is 0 Å². The van der Waals surface area contributed by atoms with E-state index in [9.17, 15) is 4.79 Å². The van der Waals surface area contributed by atoms with Gasteiger partial charge in [0.05, 0.1) is 13.2 Å². The molecule has 0 aliphatic carbocycles. The SMILES string of the molecule is O=Cc1ccc(-c2ccc(N3CCOCC3)cc2)o1. The molecule has 0 atom stereocenters. The summed E-state index contributed by atoms with van der Waals surface area (Å²) in [6.45, 7) is 3.41. The molecule has 2 aromatic rings. The second-order valence-corrected chi connectivity index (χ2v) is 4.47. The molecule has 1 aromatic carbocycles. The highest BCUT2D eigenvalue weighted by Gasteiger charge is 2.11. The van der Waals surface area contributed by atoms with Gasteiger partial charge >= 0.3 is 0 Å². The Kier molecular flexibility index (Phi) is 3.33. The minimum Gasteiger partial charge on any atom is -0.453 e. The molecule has 0 N–H and O–H groups in total. The topological polar surface area (TPSA) is 42.7 Å². The predicted molar refractivity (Wildman–Crippen MR) is 72.6 cm³/mol. The number of furan rings is 1. The smallest absolute Gasteiger partial charge is 0.185 e. The van der Waals surface area contributed by atoms with Crippen LogP contribution in [0.15, 0.2) is 40.8 Å². The van der Waals surface area contributed by atoms with Gasteiger partial charge in [0.1, 0.15) is 5.76 Å². The van der Waals surface area contributed by atoms with Gasteiger partial charge in [-0.05, 0) is 36.4 Å². The highest BCUT2D eigenvalue weighted by atomic mass is 16.5. The average molecular weight is 257 g/mol. The largest absolute Gasteiger partial charge is 0.453 e. The molecule has 1 aliphatic rings. The van der Waals surface area contributed by atoms with Gasteiger partial charge in [0.2, 0.25) is 0 Å². The molecule has 4 nitrogen and oxygen atoms in total. The first-order chi connectivity index (χ1) is 9.36. The summed E-state index contributed by atoms with van der Waals surface area (Å²) < 4.78 is 10.7. The Bertz CT molecular complexity index is 553. The van der Waals surface area contributed by atoms with Crippen molar-refractivity contribution in [2.75, 3.05) is 31.2 Å². The summed E-state index contributed by atoms with van der Waals surface area (Å²) in [7, 11) is 0. The van der Waals surface area contributed by atoms with Gasteiger partial charge in [0.15, 0.2) is 12.0 Å². The number of rotatable bonds is 3. The van der Waals surface area contributed by atoms with Crippen LogP contribution in [0.1, 0.15) is 10.6 Å². The van der Waals surface area contributed by atoms with Crippen molar-refractivity contribution < 1.29 is 13.9 Å². The zero-order valence-corrected chi connectivity index (χ0v) is 10.5. The number of benzene rings is 1. The Morgan fingerprint density at radius 2 is 1.74 bits per heavy atom. The van der Waals surface area contributed by atoms with E-state index in [1.165, 1.54) is 5.69 Å². The summed E-state index contributed by atoms with van der Waals surface area (Å²) in [4.78, 5) is 12.9. The molecule has 0 unspecified atom stereocenters. The molecule has 1 fully saturated rings. The first-order valence-electron chi connectivity index (χ1n) is 6.35. The Morgan fingerprint density at radius 1 is 1.00 bits per heavy atom. The van der Waals surface area contributed by atoms with E-state index in [0.29, 0.717) is 12.0 Å². The maximum Gasteiger partial charge on any atom is 0.185 e. The number of aldehydes is 1. The van der Waals surface area contributed by atoms with Gasteiger partial charge in [-0.15, -0.1) is 0 Å². The quantitative estimate of drug-likeness (QED) is 0.793. The summed E-state index contributed by atoms with van der Waals surface area (Å²) in [6, 6.07) is 11.7. The summed E-state index contributed by atoms with van der Waals surface area (Å²) >= 11 is 0. The van der Waals surface area contributed by atoms with Crippen LogP contribution in [-0.4, -0.2) is 32.6 Å². The Hall–Kier alpha value is -2.07. The van der Waals surface area contributed by atoms with Crippen LogP contribution >= 0.6 is 0 Å². The van der Waals surface area contributed by atoms with Crippen LogP contribution in [0.2, 0.25) is 0 Å². The summed E-state index contributed by atoms with van der Waals surface area (Å²) in [5.41, 5.74) is 2.17. The van der Waals surface area contributed by atoms with E-state index in [1.807, 2.05) is 18.2 Å². The number of carbonyl (C=O) groups excluding carboxylic acids is 1. The third-order valence-corrected chi connectivity index (χ3v) is 3.27. The minimum atomic E-state index is 0.354. The number of hydrogen-bond acceptors (Lipinski definition) is 4. The number of carbonyl (C=O) groups is 1. The maximum atomic E-state index is 10.6. The van der Waals surface area contributed by atoms with Crippen molar-refractivity contribution in [1.82, 2.24) is 0 Å². The Morgan fingerprint density at radius 3 is 2.37 bits per heavy atom. The molecule has 0 saturated carbocycles. The molecule has 0 amide bonds.